The van der Waals surface area contributed by atoms with Crippen molar-refractivity contribution in [2.75, 3.05) is 11.4 Å². The van der Waals surface area contributed by atoms with Gasteiger partial charge in [0.05, 0.1) is 16.3 Å². The average molecular weight is 481 g/mol. The Morgan fingerprint density at radius 2 is 1.61 bits per heavy atom. The quantitative estimate of drug-likeness (QED) is 0.330. The molecule has 0 bridgehead atoms. The molecule has 5 rings (SSSR count). The van der Waals surface area contributed by atoms with Crippen molar-refractivity contribution in [2.45, 2.75) is 16.2 Å². The number of thioether (sulfide) groups is 1. The molecular formula is C23H16N2O2S4. The van der Waals surface area contributed by atoms with Crippen molar-refractivity contribution in [1.82, 2.24) is 4.90 Å². The lowest BCUT2D eigenvalue weighted by Gasteiger charge is -2.31. The van der Waals surface area contributed by atoms with Gasteiger partial charge in [-0.15, -0.1) is 11.3 Å². The van der Waals surface area contributed by atoms with Gasteiger partial charge in [-0.05, 0) is 41.8 Å². The molecule has 31 heavy (non-hydrogen) atoms. The first-order chi connectivity index (χ1) is 15.1. The van der Waals surface area contributed by atoms with Gasteiger partial charge in [0.1, 0.15) is 4.32 Å². The van der Waals surface area contributed by atoms with E-state index in [1.807, 2.05) is 72.1 Å². The van der Waals surface area contributed by atoms with E-state index in [2.05, 4.69) is 0 Å². The third kappa shape index (κ3) is 3.96. The molecular weight excluding hydrogens is 465 g/mol. The van der Waals surface area contributed by atoms with Crippen molar-refractivity contribution >= 4 is 80.7 Å². The molecule has 3 heterocycles. The predicted molar refractivity (Wildman–Crippen MR) is 133 cm³/mol. The molecule has 1 aromatic heterocycles. The Kier molecular flexibility index (Phi) is 5.71. The van der Waals surface area contributed by atoms with E-state index in [9.17, 15) is 9.59 Å². The van der Waals surface area contributed by atoms with Crippen molar-refractivity contribution in [1.29, 1.82) is 0 Å². The van der Waals surface area contributed by atoms with E-state index in [1.165, 1.54) is 16.7 Å². The molecule has 0 saturated carbocycles. The van der Waals surface area contributed by atoms with E-state index in [4.69, 9.17) is 12.2 Å². The summed E-state index contributed by atoms with van der Waals surface area (Å²) in [7, 11) is 0. The fourth-order valence-electron chi connectivity index (χ4n) is 3.49. The largest absolute Gasteiger partial charge is 0.292 e. The summed E-state index contributed by atoms with van der Waals surface area (Å²) < 4.78 is 0.496. The number of thiophene rings is 1. The van der Waals surface area contributed by atoms with Gasteiger partial charge in [0.2, 0.25) is 5.91 Å². The summed E-state index contributed by atoms with van der Waals surface area (Å²) in [5, 5.41) is 1.97. The van der Waals surface area contributed by atoms with Crippen LogP contribution in [0.4, 0.5) is 11.4 Å². The summed E-state index contributed by atoms with van der Waals surface area (Å²) in [6.45, 7) is 0.263. The zero-order chi connectivity index (χ0) is 21.4. The first kappa shape index (κ1) is 20.5. The van der Waals surface area contributed by atoms with Crippen LogP contribution in [0.2, 0.25) is 0 Å². The number of para-hydroxylation sites is 2. The minimum absolute atomic E-state index is 0.0588. The standard InChI is InChI=1S/C23H16N2O2S4/c26-21(11-12-24-22(27)20(31-23(24)28)14-15-6-5-13-29-15)25-16-7-1-3-9-18(16)30-19-10-4-2-8-17(19)25/h1-10,13-14H,11-12H2/b20-14-. The van der Waals surface area contributed by atoms with Gasteiger partial charge in [-0.1, -0.05) is 66.1 Å². The molecule has 0 atom stereocenters. The molecule has 8 heteroatoms. The van der Waals surface area contributed by atoms with E-state index >= 15 is 0 Å². The number of hydrogen-bond donors (Lipinski definition) is 0. The third-order valence-corrected chi connectivity index (χ3v) is 8.25. The molecule has 2 aliphatic heterocycles. The van der Waals surface area contributed by atoms with Crippen molar-refractivity contribution in [3.8, 4) is 0 Å². The Labute approximate surface area is 197 Å². The van der Waals surface area contributed by atoms with Crippen molar-refractivity contribution < 1.29 is 9.59 Å². The fraction of sp³-hybridized carbons (Fsp3) is 0.0870. The second-order valence-electron chi connectivity index (χ2n) is 6.87. The predicted octanol–water partition coefficient (Wildman–Crippen LogP) is 6.17. The van der Waals surface area contributed by atoms with Crippen LogP contribution in [0.25, 0.3) is 6.08 Å². The average Bonchev–Trinajstić information content (AvgIpc) is 3.38. The zero-order valence-corrected chi connectivity index (χ0v) is 19.5. The first-order valence-corrected chi connectivity index (χ1v) is 12.5. The molecule has 2 amide bonds. The maximum Gasteiger partial charge on any atom is 0.266 e. The van der Waals surface area contributed by atoms with Crippen LogP contribution in [0.5, 0.6) is 0 Å². The number of fused-ring (bicyclic) bond motifs is 2. The molecule has 2 aliphatic rings. The Morgan fingerprint density at radius 1 is 0.935 bits per heavy atom. The van der Waals surface area contributed by atoms with Gasteiger partial charge in [-0.25, -0.2) is 0 Å². The summed E-state index contributed by atoms with van der Waals surface area (Å²) >= 11 is 9.95. The second-order valence-corrected chi connectivity index (χ2v) is 10.6. The number of rotatable bonds is 4. The maximum atomic E-state index is 13.3. The maximum absolute atomic E-state index is 13.3. The van der Waals surface area contributed by atoms with Gasteiger partial charge in [0.25, 0.3) is 5.91 Å². The molecule has 0 aliphatic carbocycles. The van der Waals surface area contributed by atoms with Crippen LogP contribution in [0.15, 0.2) is 80.7 Å². The monoisotopic (exact) mass is 480 g/mol. The van der Waals surface area contributed by atoms with Gasteiger partial charge in [0, 0.05) is 27.6 Å². The van der Waals surface area contributed by atoms with Crippen LogP contribution < -0.4 is 4.90 Å². The van der Waals surface area contributed by atoms with Crippen LogP contribution in [-0.4, -0.2) is 27.6 Å². The SMILES string of the molecule is O=C1/C(=C/c2cccs2)SC(=S)N1CCC(=O)N1c2ccccc2Sc2ccccc21. The number of hydrogen-bond acceptors (Lipinski definition) is 6. The molecule has 3 aromatic rings. The van der Waals surface area contributed by atoms with E-state index in [0.29, 0.717) is 9.23 Å². The summed E-state index contributed by atoms with van der Waals surface area (Å²) in [5.74, 6) is -0.192. The molecule has 0 unspecified atom stereocenters. The van der Waals surface area contributed by atoms with Gasteiger partial charge in [-0.3, -0.25) is 19.4 Å². The highest BCUT2D eigenvalue weighted by atomic mass is 32.2. The lowest BCUT2D eigenvalue weighted by atomic mass is 10.2. The van der Waals surface area contributed by atoms with Crippen molar-refractivity contribution in [2.24, 2.45) is 0 Å². The van der Waals surface area contributed by atoms with Crippen LogP contribution in [0, 0.1) is 0 Å². The van der Waals surface area contributed by atoms with Crippen molar-refractivity contribution in [3.63, 3.8) is 0 Å². The minimum atomic E-state index is -0.133. The smallest absolute Gasteiger partial charge is 0.266 e. The Bertz CT molecular complexity index is 1170. The lowest BCUT2D eigenvalue weighted by Crippen LogP contribution is -2.35. The number of thiocarbonyl (C=S) groups is 1. The number of anilines is 2. The topological polar surface area (TPSA) is 40.6 Å². The van der Waals surface area contributed by atoms with E-state index < -0.39 is 0 Å². The van der Waals surface area contributed by atoms with Gasteiger partial charge >= 0.3 is 0 Å². The minimum Gasteiger partial charge on any atom is -0.292 e. The normalized spacial score (nSPS) is 16.6. The molecule has 154 valence electrons. The highest BCUT2D eigenvalue weighted by Crippen LogP contribution is 2.48. The molecule has 0 radical (unpaired) electrons. The number of nitrogens with zero attached hydrogens (tertiary/aromatic N) is 2. The summed E-state index contributed by atoms with van der Waals surface area (Å²) in [6, 6.07) is 19.7. The van der Waals surface area contributed by atoms with Crippen LogP contribution in [0.1, 0.15) is 11.3 Å². The van der Waals surface area contributed by atoms with Crippen LogP contribution in [0.3, 0.4) is 0 Å². The van der Waals surface area contributed by atoms with Crippen LogP contribution in [-0.2, 0) is 9.59 Å². The number of amides is 2. The summed E-state index contributed by atoms with van der Waals surface area (Å²) in [4.78, 5) is 33.2. The zero-order valence-electron chi connectivity index (χ0n) is 16.2. The summed E-state index contributed by atoms with van der Waals surface area (Å²) in [5.41, 5.74) is 1.75. The lowest BCUT2D eigenvalue weighted by molar-refractivity contribution is -0.123. The number of carbonyl (C=O) groups is 2. The van der Waals surface area contributed by atoms with Gasteiger partial charge in [0.15, 0.2) is 0 Å². The van der Waals surface area contributed by atoms with E-state index in [-0.39, 0.29) is 24.8 Å². The second kappa shape index (κ2) is 8.63. The van der Waals surface area contributed by atoms with Crippen molar-refractivity contribution in [3.05, 3.63) is 75.8 Å². The number of benzene rings is 2. The van der Waals surface area contributed by atoms with Gasteiger partial charge < -0.3 is 0 Å². The van der Waals surface area contributed by atoms with E-state index in [1.54, 1.807) is 28.0 Å². The molecule has 0 N–H and O–H groups in total. The molecule has 0 spiro atoms. The Hall–Kier alpha value is -2.39. The van der Waals surface area contributed by atoms with Crippen LogP contribution >= 0.6 is 47.1 Å². The molecule has 4 nitrogen and oxygen atoms in total. The molecule has 1 saturated heterocycles. The number of carbonyl (C=O) groups excluding carboxylic acids is 2. The van der Waals surface area contributed by atoms with E-state index in [0.717, 1.165) is 26.0 Å². The Morgan fingerprint density at radius 3 is 2.26 bits per heavy atom. The highest BCUT2D eigenvalue weighted by molar-refractivity contribution is 8.26. The molecule has 1 fully saturated rings. The third-order valence-electron chi connectivity index (χ3n) is 4.92. The first-order valence-electron chi connectivity index (χ1n) is 9.59. The highest BCUT2D eigenvalue weighted by Gasteiger charge is 2.34. The molecule has 2 aromatic carbocycles. The summed E-state index contributed by atoms with van der Waals surface area (Å²) in [6.07, 6.45) is 2.05. The fourth-order valence-corrected chi connectivity index (χ4v) is 6.58. The van der Waals surface area contributed by atoms with Gasteiger partial charge in [-0.2, -0.15) is 0 Å². The Balaban J connectivity index is 1.36.